The summed E-state index contributed by atoms with van der Waals surface area (Å²) in [6.07, 6.45) is 1.73. The van der Waals surface area contributed by atoms with Gasteiger partial charge in [0, 0.05) is 16.3 Å². The number of halogens is 1. The first-order valence-electron chi connectivity index (χ1n) is 10.4. The number of nitrogens with zero attached hydrogens (tertiary/aromatic N) is 1. The van der Waals surface area contributed by atoms with E-state index in [1.807, 2.05) is 50.2 Å². The van der Waals surface area contributed by atoms with Crippen molar-refractivity contribution in [3.63, 3.8) is 0 Å². The van der Waals surface area contributed by atoms with Crippen molar-refractivity contribution < 1.29 is 14.3 Å². The Morgan fingerprint density at radius 3 is 2.59 bits per heavy atom. The van der Waals surface area contributed by atoms with E-state index in [-0.39, 0.29) is 18.4 Å². The van der Waals surface area contributed by atoms with Crippen molar-refractivity contribution in [2.45, 2.75) is 13.8 Å². The van der Waals surface area contributed by atoms with E-state index in [1.165, 1.54) is 16.7 Å². The Bertz CT molecular complexity index is 1310. The molecular formula is C26H21ClN2O3S2. The van der Waals surface area contributed by atoms with Crippen LogP contribution in [0.1, 0.15) is 16.7 Å². The van der Waals surface area contributed by atoms with Crippen molar-refractivity contribution in [1.82, 2.24) is 0 Å². The Kier molecular flexibility index (Phi) is 7.36. The molecule has 172 valence electrons. The maximum atomic E-state index is 13.1. The van der Waals surface area contributed by atoms with Crippen LogP contribution in [0, 0.1) is 13.8 Å². The van der Waals surface area contributed by atoms with Gasteiger partial charge < -0.3 is 10.1 Å². The van der Waals surface area contributed by atoms with E-state index in [0.717, 1.165) is 16.8 Å². The number of thiocarbonyl (C=S) groups is 1. The highest BCUT2D eigenvalue weighted by molar-refractivity contribution is 8.27. The van der Waals surface area contributed by atoms with E-state index < -0.39 is 0 Å². The molecule has 1 aliphatic rings. The fourth-order valence-electron chi connectivity index (χ4n) is 3.44. The predicted molar refractivity (Wildman–Crippen MR) is 144 cm³/mol. The van der Waals surface area contributed by atoms with Gasteiger partial charge in [-0.05, 0) is 61.9 Å². The average Bonchev–Trinajstić information content (AvgIpc) is 3.08. The summed E-state index contributed by atoms with van der Waals surface area (Å²) in [5.74, 6) is 0.00516. The minimum atomic E-state index is -0.268. The minimum absolute atomic E-state index is 0.163. The fourth-order valence-corrected chi connectivity index (χ4v) is 4.85. The van der Waals surface area contributed by atoms with Crippen molar-refractivity contribution in [2.75, 3.05) is 16.8 Å². The van der Waals surface area contributed by atoms with Gasteiger partial charge in [0.15, 0.2) is 10.9 Å². The topological polar surface area (TPSA) is 58.6 Å². The number of hydrogen-bond acceptors (Lipinski definition) is 5. The van der Waals surface area contributed by atoms with Crippen LogP contribution in [0.15, 0.2) is 71.6 Å². The first-order chi connectivity index (χ1) is 16.3. The van der Waals surface area contributed by atoms with Gasteiger partial charge in [0.25, 0.3) is 11.8 Å². The minimum Gasteiger partial charge on any atom is -0.483 e. The smallest absolute Gasteiger partial charge is 0.270 e. The van der Waals surface area contributed by atoms with Crippen molar-refractivity contribution in [3.8, 4) is 5.75 Å². The molecule has 0 atom stereocenters. The molecule has 0 spiro atoms. The molecule has 1 aliphatic heterocycles. The average molecular weight is 509 g/mol. The Labute approximate surface area is 212 Å². The summed E-state index contributed by atoms with van der Waals surface area (Å²) >= 11 is 12.6. The second kappa shape index (κ2) is 10.4. The van der Waals surface area contributed by atoms with E-state index >= 15 is 0 Å². The van der Waals surface area contributed by atoms with Crippen LogP contribution in [0.3, 0.4) is 0 Å². The zero-order chi connectivity index (χ0) is 24.2. The summed E-state index contributed by atoms with van der Waals surface area (Å²) in [6.45, 7) is 3.78. The highest BCUT2D eigenvalue weighted by Crippen LogP contribution is 2.37. The number of aryl methyl sites for hydroxylation is 2. The predicted octanol–water partition coefficient (Wildman–Crippen LogP) is 6.38. The molecule has 1 N–H and O–H groups in total. The molecule has 3 aromatic rings. The zero-order valence-electron chi connectivity index (χ0n) is 18.5. The number of para-hydroxylation sites is 1. The van der Waals surface area contributed by atoms with Crippen LogP contribution in [-0.4, -0.2) is 22.7 Å². The van der Waals surface area contributed by atoms with Crippen LogP contribution in [0.25, 0.3) is 6.08 Å². The summed E-state index contributed by atoms with van der Waals surface area (Å²) in [6, 6.07) is 20.0. The Balaban J connectivity index is 1.48. The zero-order valence-corrected chi connectivity index (χ0v) is 20.9. The number of hydrogen-bond donors (Lipinski definition) is 1. The quantitative estimate of drug-likeness (QED) is 0.309. The van der Waals surface area contributed by atoms with E-state index in [9.17, 15) is 9.59 Å². The van der Waals surface area contributed by atoms with Crippen molar-refractivity contribution in [2.24, 2.45) is 0 Å². The molecule has 0 unspecified atom stereocenters. The van der Waals surface area contributed by atoms with Crippen LogP contribution in [0.2, 0.25) is 5.02 Å². The maximum absolute atomic E-state index is 13.1. The van der Waals surface area contributed by atoms with Gasteiger partial charge in [-0.3, -0.25) is 14.5 Å². The Morgan fingerprint density at radius 2 is 1.85 bits per heavy atom. The van der Waals surface area contributed by atoms with Crippen LogP contribution in [-0.2, 0) is 9.59 Å². The Hall–Kier alpha value is -3.13. The standard InChI is InChI=1S/C26H21ClN2O3S2/c1-16-7-12-21(17(2)13-16)28-24(30)15-32-22-6-4-3-5-18(22)14-23-25(31)29(26(33)34-23)20-10-8-19(27)9-11-20/h3-14H,15H2,1-2H3,(H,28,30)/b23-14-. The molecule has 0 saturated carbocycles. The number of anilines is 2. The number of ether oxygens (including phenoxy) is 1. The van der Waals surface area contributed by atoms with Gasteiger partial charge in [0.05, 0.1) is 10.6 Å². The van der Waals surface area contributed by atoms with Gasteiger partial charge in [0.2, 0.25) is 0 Å². The molecule has 0 radical (unpaired) electrons. The Morgan fingerprint density at radius 1 is 1.12 bits per heavy atom. The summed E-state index contributed by atoms with van der Waals surface area (Å²) in [4.78, 5) is 27.5. The maximum Gasteiger partial charge on any atom is 0.270 e. The van der Waals surface area contributed by atoms with Crippen molar-refractivity contribution in [3.05, 3.63) is 93.3 Å². The number of thioether (sulfide) groups is 1. The van der Waals surface area contributed by atoms with Crippen LogP contribution in [0.5, 0.6) is 5.75 Å². The fraction of sp³-hybridized carbons (Fsp3) is 0.115. The SMILES string of the molecule is Cc1ccc(NC(=O)COc2ccccc2/C=C2\SC(=S)N(c3ccc(Cl)cc3)C2=O)c(C)c1. The number of carbonyl (C=O) groups excluding carboxylic acids is 2. The third-order valence-corrected chi connectivity index (χ3v) is 6.65. The summed E-state index contributed by atoms with van der Waals surface area (Å²) in [7, 11) is 0. The molecule has 34 heavy (non-hydrogen) atoms. The first kappa shape index (κ1) is 24.0. The molecule has 5 nitrogen and oxygen atoms in total. The third-order valence-electron chi connectivity index (χ3n) is 5.10. The van der Waals surface area contributed by atoms with E-state index in [0.29, 0.717) is 31.2 Å². The molecule has 8 heteroatoms. The number of benzene rings is 3. The molecule has 1 fully saturated rings. The molecular weight excluding hydrogens is 488 g/mol. The molecule has 2 amide bonds. The molecule has 0 aliphatic carbocycles. The number of nitrogens with one attached hydrogen (secondary N) is 1. The molecule has 4 rings (SSSR count). The van der Waals surface area contributed by atoms with E-state index in [4.69, 9.17) is 28.6 Å². The largest absolute Gasteiger partial charge is 0.483 e. The second-order valence-electron chi connectivity index (χ2n) is 7.69. The summed E-state index contributed by atoms with van der Waals surface area (Å²) in [5, 5.41) is 3.45. The van der Waals surface area contributed by atoms with Gasteiger partial charge in [-0.15, -0.1) is 0 Å². The highest BCUT2D eigenvalue weighted by atomic mass is 35.5. The lowest BCUT2D eigenvalue weighted by Crippen LogP contribution is -2.27. The van der Waals surface area contributed by atoms with Crippen LogP contribution >= 0.6 is 35.6 Å². The van der Waals surface area contributed by atoms with Gasteiger partial charge in [0.1, 0.15) is 5.75 Å². The number of carbonyl (C=O) groups is 2. The highest BCUT2D eigenvalue weighted by Gasteiger charge is 2.33. The lowest BCUT2D eigenvalue weighted by Gasteiger charge is -2.14. The van der Waals surface area contributed by atoms with Crippen molar-refractivity contribution in [1.29, 1.82) is 0 Å². The second-order valence-corrected chi connectivity index (χ2v) is 9.80. The van der Waals surface area contributed by atoms with E-state index in [2.05, 4.69) is 5.32 Å². The lowest BCUT2D eigenvalue weighted by atomic mass is 10.1. The molecule has 1 saturated heterocycles. The first-order valence-corrected chi connectivity index (χ1v) is 12.0. The van der Waals surface area contributed by atoms with Gasteiger partial charge in [-0.1, -0.05) is 71.5 Å². The number of amides is 2. The van der Waals surface area contributed by atoms with Gasteiger partial charge in [-0.25, -0.2) is 0 Å². The van der Waals surface area contributed by atoms with Crippen LogP contribution < -0.4 is 15.0 Å². The van der Waals surface area contributed by atoms with Crippen molar-refractivity contribution >= 4 is 69.2 Å². The lowest BCUT2D eigenvalue weighted by molar-refractivity contribution is -0.118. The number of rotatable bonds is 6. The summed E-state index contributed by atoms with van der Waals surface area (Å²) in [5.41, 5.74) is 4.19. The monoisotopic (exact) mass is 508 g/mol. The van der Waals surface area contributed by atoms with Gasteiger partial charge >= 0.3 is 0 Å². The molecule has 0 aromatic heterocycles. The molecule has 1 heterocycles. The third kappa shape index (κ3) is 5.50. The van der Waals surface area contributed by atoms with E-state index in [1.54, 1.807) is 36.4 Å². The van der Waals surface area contributed by atoms with Gasteiger partial charge in [-0.2, -0.15) is 0 Å². The molecule has 0 bridgehead atoms. The molecule has 3 aromatic carbocycles. The summed E-state index contributed by atoms with van der Waals surface area (Å²) < 4.78 is 6.23. The van der Waals surface area contributed by atoms with Crippen LogP contribution in [0.4, 0.5) is 11.4 Å². The normalized spacial score (nSPS) is 14.6.